The highest BCUT2D eigenvalue weighted by Crippen LogP contribution is 2.35. The van der Waals surface area contributed by atoms with E-state index in [1.165, 1.54) is 5.01 Å². The predicted octanol–water partition coefficient (Wildman–Crippen LogP) is 2.70. The number of rotatable bonds is 6. The topological polar surface area (TPSA) is 114 Å². The zero-order valence-corrected chi connectivity index (χ0v) is 18.3. The maximum absolute atomic E-state index is 12.3. The van der Waals surface area contributed by atoms with E-state index in [1.54, 1.807) is 11.3 Å². The Morgan fingerprint density at radius 3 is 2.50 bits per heavy atom. The quantitative estimate of drug-likeness (QED) is 0.718. The van der Waals surface area contributed by atoms with Gasteiger partial charge in [-0.2, -0.15) is 15.2 Å². The number of anilines is 1. The van der Waals surface area contributed by atoms with Crippen molar-refractivity contribution in [2.24, 2.45) is 0 Å². The summed E-state index contributed by atoms with van der Waals surface area (Å²) in [5.74, 6) is 0.385. The van der Waals surface area contributed by atoms with E-state index >= 15 is 0 Å². The maximum atomic E-state index is 12.3. The Balaban J connectivity index is 2.20. The molecule has 0 aliphatic heterocycles. The van der Waals surface area contributed by atoms with Crippen molar-refractivity contribution in [2.45, 2.75) is 64.6 Å². The fraction of sp³-hybridized carbons (Fsp3) is 0.650. The van der Waals surface area contributed by atoms with Gasteiger partial charge in [-0.1, -0.05) is 12.8 Å². The molecule has 1 N–H and O–H groups in total. The molecule has 1 aliphatic rings. The summed E-state index contributed by atoms with van der Waals surface area (Å²) >= 11 is 0. The van der Waals surface area contributed by atoms with E-state index in [9.17, 15) is 15.2 Å². The number of imidazole rings is 1. The van der Waals surface area contributed by atoms with E-state index in [0.29, 0.717) is 23.5 Å². The maximum Gasteiger partial charge on any atom is 0.426 e. The summed E-state index contributed by atoms with van der Waals surface area (Å²) in [5.41, 5.74) is 0.349. The first-order chi connectivity index (χ1) is 14.1. The average molecular weight is 415 g/mol. The minimum absolute atomic E-state index is 0.00588. The first kappa shape index (κ1) is 21.8. The second kappa shape index (κ2) is 8.44. The first-order valence-corrected chi connectivity index (χ1v) is 10.2. The van der Waals surface area contributed by atoms with Crippen molar-refractivity contribution < 1.29 is 9.90 Å². The minimum atomic E-state index is -1.06. The van der Waals surface area contributed by atoms with Gasteiger partial charge in [-0.05, 0) is 47.7 Å². The predicted molar refractivity (Wildman–Crippen MR) is 113 cm³/mol. The third-order valence-electron chi connectivity index (χ3n) is 5.25. The molecule has 10 heteroatoms. The lowest BCUT2D eigenvalue weighted by atomic mass is 10.1. The smallest absolute Gasteiger partial charge is 0.426 e. The lowest BCUT2D eigenvalue weighted by Gasteiger charge is -2.45. The van der Waals surface area contributed by atoms with Gasteiger partial charge in [-0.3, -0.25) is 5.01 Å². The van der Waals surface area contributed by atoms with Crippen LogP contribution in [-0.2, 0) is 6.54 Å². The molecule has 1 fully saturated rings. The van der Waals surface area contributed by atoms with E-state index in [2.05, 4.69) is 19.9 Å². The summed E-state index contributed by atoms with van der Waals surface area (Å²) in [6, 6.07) is 2.00. The Bertz CT molecular complexity index is 950. The van der Waals surface area contributed by atoms with Crippen LogP contribution in [0.15, 0.2) is 6.33 Å². The zero-order valence-electron chi connectivity index (χ0n) is 18.3. The molecule has 1 saturated carbocycles. The summed E-state index contributed by atoms with van der Waals surface area (Å²) < 4.78 is 1.89. The molecule has 0 spiro atoms. The number of fused-ring (bicyclic) bond motifs is 1. The third kappa shape index (κ3) is 4.31. The van der Waals surface area contributed by atoms with E-state index in [4.69, 9.17) is 0 Å². The van der Waals surface area contributed by atoms with Gasteiger partial charge in [0.05, 0.1) is 17.9 Å². The van der Waals surface area contributed by atoms with Crippen molar-refractivity contribution in [3.05, 3.63) is 12.2 Å². The molecule has 3 rings (SSSR count). The number of carboxylic acid groups (broad SMARTS) is 1. The van der Waals surface area contributed by atoms with E-state index in [1.807, 2.05) is 45.5 Å². The zero-order chi connectivity index (χ0) is 22.1. The van der Waals surface area contributed by atoms with Crippen LogP contribution in [-0.4, -0.2) is 72.8 Å². The van der Waals surface area contributed by atoms with Crippen LogP contribution >= 0.6 is 0 Å². The Morgan fingerprint density at radius 1 is 1.30 bits per heavy atom. The standard InChI is InChI=1S/C20H30N8O2/c1-20(2,3)28(19(29)30)27(14-8-6-7-9-14)18-16-17(23-15(12-21)24-18)26(13-22-16)11-10-25(4)5/h13-14H,6-11H2,1-5H3,(H,29,30). The highest BCUT2D eigenvalue weighted by molar-refractivity contribution is 5.85. The average Bonchev–Trinajstić information content (AvgIpc) is 3.32. The number of nitrogens with zero attached hydrogens (tertiary/aromatic N) is 8. The number of hydrazine groups is 1. The van der Waals surface area contributed by atoms with Gasteiger partial charge in [-0.15, -0.1) is 0 Å². The van der Waals surface area contributed by atoms with Gasteiger partial charge >= 0.3 is 6.09 Å². The molecule has 10 nitrogen and oxygen atoms in total. The summed E-state index contributed by atoms with van der Waals surface area (Å²) in [4.78, 5) is 27.8. The van der Waals surface area contributed by atoms with E-state index in [-0.39, 0.29) is 11.9 Å². The molecule has 0 bridgehead atoms. The monoisotopic (exact) mass is 414 g/mol. The number of hydrogen-bond donors (Lipinski definition) is 1. The van der Waals surface area contributed by atoms with Gasteiger partial charge in [0.1, 0.15) is 6.07 Å². The third-order valence-corrected chi connectivity index (χ3v) is 5.25. The number of aromatic nitrogens is 4. The Kier molecular flexibility index (Phi) is 6.12. The Labute approximate surface area is 176 Å². The molecule has 0 radical (unpaired) electrons. The Morgan fingerprint density at radius 2 is 1.97 bits per heavy atom. The summed E-state index contributed by atoms with van der Waals surface area (Å²) in [7, 11) is 3.96. The highest BCUT2D eigenvalue weighted by atomic mass is 16.4. The molecule has 0 unspecified atom stereocenters. The van der Waals surface area contributed by atoms with Crippen LogP contribution < -0.4 is 5.01 Å². The molecule has 1 amide bonds. The number of carbonyl (C=O) groups is 1. The van der Waals surface area contributed by atoms with Crippen molar-refractivity contribution >= 4 is 23.1 Å². The van der Waals surface area contributed by atoms with Crippen LogP contribution in [0.1, 0.15) is 52.3 Å². The molecule has 162 valence electrons. The first-order valence-electron chi connectivity index (χ1n) is 10.2. The fourth-order valence-electron chi connectivity index (χ4n) is 3.89. The molecule has 30 heavy (non-hydrogen) atoms. The number of likely N-dealkylation sites (N-methyl/N-ethyl adjacent to an activating group) is 1. The lowest BCUT2D eigenvalue weighted by Crippen LogP contribution is -2.59. The Hall–Kier alpha value is -2.93. The molecule has 0 saturated heterocycles. The van der Waals surface area contributed by atoms with Crippen LogP contribution in [0.25, 0.3) is 11.2 Å². The van der Waals surface area contributed by atoms with Gasteiger partial charge in [-0.25, -0.2) is 14.8 Å². The van der Waals surface area contributed by atoms with Gasteiger partial charge < -0.3 is 14.6 Å². The molecule has 0 atom stereocenters. The van der Waals surface area contributed by atoms with Crippen molar-refractivity contribution in [3.8, 4) is 6.07 Å². The highest BCUT2D eigenvalue weighted by Gasteiger charge is 2.39. The lowest BCUT2D eigenvalue weighted by molar-refractivity contribution is 0.0832. The summed E-state index contributed by atoms with van der Waals surface area (Å²) in [6.45, 7) is 6.98. The molecule has 1 aliphatic carbocycles. The van der Waals surface area contributed by atoms with Crippen molar-refractivity contribution in [2.75, 3.05) is 25.6 Å². The van der Waals surface area contributed by atoms with Gasteiger partial charge in [0.25, 0.3) is 0 Å². The van der Waals surface area contributed by atoms with Crippen LogP contribution in [0.5, 0.6) is 0 Å². The minimum Gasteiger partial charge on any atom is -0.464 e. The number of nitriles is 1. The SMILES string of the molecule is CN(C)CCn1cnc2c(N(C3CCCC3)N(C(=O)O)C(C)(C)C)nc(C#N)nc21. The number of hydrogen-bond acceptors (Lipinski definition) is 7. The molecule has 0 aromatic carbocycles. The molecule has 2 heterocycles. The second-order valence-corrected chi connectivity index (χ2v) is 8.94. The van der Waals surface area contributed by atoms with Crippen molar-refractivity contribution in [3.63, 3.8) is 0 Å². The molecular formula is C20H30N8O2. The fourth-order valence-corrected chi connectivity index (χ4v) is 3.89. The number of amides is 1. The van der Waals surface area contributed by atoms with Crippen LogP contribution in [0.2, 0.25) is 0 Å². The molecule has 2 aromatic heterocycles. The van der Waals surface area contributed by atoms with Crippen molar-refractivity contribution in [1.29, 1.82) is 5.26 Å². The summed E-state index contributed by atoms with van der Waals surface area (Å²) in [5, 5.41) is 22.7. The second-order valence-electron chi connectivity index (χ2n) is 8.94. The van der Waals surface area contributed by atoms with Crippen LogP contribution in [0, 0.1) is 11.3 Å². The van der Waals surface area contributed by atoms with Gasteiger partial charge in [0, 0.05) is 13.1 Å². The normalized spacial score (nSPS) is 15.0. The molecular weight excluding hydrogens is 384 g/mol. The summed E-state index contributed by atoms with van der Waals surface area (Å²) in [6.07, 6.45) is 4.38. The van der Waals surface area contributed by atoms with Gasteiger partial charge in [0.2, 0.25) is 5.82 Å². The van der Waals surface area contributed by atoms with E-state index < -0.39 is 11.6 Å². The van der Waals surface area contributed by atoms with Gasteiger partial charge in [0.15, 0.2) is 17.0 Å². The van der Waals surface area contributed by atoms with Crippen LogP contribution in [0.4, 0.5) is 10.6 Å². The molecule has 2 aromatic rings. The van der Waals surface area contributed by atoms with Crippen LogP contribution in [0.3, 0.4) is 0 Å². The van der Waals surface area contributed by atoms with E-state index in [0.717, 1.165) is 32.2 Å². The largest absolute Gasteiger partial charge is 0.464 e. The van der Waals surface area contributed by atoms with Crippen molar-refractivity contribution in [1.82, 2.24) is 29.4 Å².